The molecule has 1 unspecified atom stereocenters. The summed E-state index contributed by atoms with van der Waals surface area (Å²) in [6.07, 6.45) is 0. The van der Waals surface area contributed by atoms with Crippen LogP contribution in [0.25, 0.3) is 0 Å². The van der Waals surface area contributed by atoms with Gasteiger partial charge in [-0.25, -0.2) is 13.2 Å². The first-order valence-electron chi connectivity index (χ1n) is 6.45. The summed E-state index contributed by atoms with van der Waals surface area (Å²) in [5.41, 5.74) is 6.54. The highest BCUT2D eigenvalue weighted by Gasteiger charge is 2.35. The van der Waals surface area contributed by atoms with Gasteiger partial charge < -0.3 is 15.7 Å². The third-order valence-electron chi connectivity index (χ3n) is 3.78. The molecule has 21 heavy (non-hydrogen) atoms. The second kappa shape index (κ2) is 4.96. The molecule has 2 aromatic rings. The minimum absolute atomic E-state index is 0.00473. The molecule has 0 aromatic heterocycles. The lowest BCUT2D eigenvalue weighted by molar-refractivity contribution is 0.441. The molecule has 0 amide bonds. The quantitative estimate of drug-likeness (QED) is 0.837. The van der Waals surface area contributed by atoms with Gasteiger partial charge in [0.05, 0.1) is 11.7 Å². The third kappa shape index (κ3) is 2.03. The Morgan fingerprint density at radius 2 is 1.90 bits per heavy atom. The first kappa shape index (κ1) is 13.8. The zero-order valence-electron chi connectivity index (χ0n) is 11.0. The average Bonchev–Trinajstić information content (AvgIpc) is 2.83. The molecule has 3 N–H and O–H groups in total. The van der Waals surface area contributed by atoms with E-state index in [1.807, 2.05) is 0 Å². The Labute approximate surface area is 119 Å². The van der Waals surface area contributed by atoms with Gasteiger partial charge in [-0.3, -0.25) is 0 Å². The number of para-hydroxylation sites is 2. The van der Waals surface area contributed by atoms with Crippen molar-refractivity contribution in [1.82, 2.24) is 0 Å². The van der Waals surface area contributed by atoms with Crippen LogP contribution in [0.1, 0.15) is 17.2 Å². The van der Waals surface area contributed by atoms with Crippen LogP contribution in [-0.2, 0) is 6.54 Å². The van der Waals surface area contributed by atoms with Gasteiger partial charge in [0.25, 0.3) is 0 Å². The standard InChI is InChI=1S/C15H13F3N2O/c16-10-5-8-9(14(17)15(10)18)7-20(12(8)6-19)11-3-1-2-4-13(11)21/h1-5,12,21H,6-7,19H2. The van der Waals surface area contributed by atoms with Gasteiger partial charge >= 0.3 is 0 Å². The predicted molar refractivity (Wildman–Crippen MR) is 72.4 cm³/mol. The summed E-state index contributed by atoms with van der Waals surface area (Å²) in [7, 11) is 0. The molecule has 0 bridgehead atoms. The van der Waals surface area contributed by atoms with Crippen molar-refractivity contribution in [2.75, 3.05) is 11.4 Å². The topological polar surface area (TPSA) is 49.5 Å². The number of benzene rings is 2. The molecular formula is C15H13F3N2O. The molecule has 0 saturated heterocycles. The van der Waals surface area contributed by atoms with Crippen molar-refractivity contribution < 1.29 is 18.3 Å². The maximum absolute atomic E-state index is 13.9. The maximum Gasteiger partial charge on any atom is 0.194 e. The van der Waals surface area contributed by atoms with Crippen molar-refractivity contribution in [3.63, 3.8) is 0 Å². The van der Waals surface area contributed by atoms with Crippen LogP contribution >= 0.6 is 0 Å². The second-order valence-electron chi connectivity index (χ2n) is 4.92. The summed E-state index contributed by atoms with van der Waals surface area (Å²) in [5.74, 6) is -3.90. The summed E-state index contributed by atoms with van der Waals surface area (Å²) in [4.78, 5) is 1.64. The highest BCUT2D eigenvalue weighted by atomic mass is 19.2. The van der Waals surface area contributed by atoms with Gasteiger partial charge in [-0.1, -0.05) is 12.1 Å². The van der Waals surface area contributed by atoms with E-state index in [0.717, 1.165) is 6.07 Å². The molecule has 0 aliphatic carbocycles. The normalized spacial score (nSPS) is 17.1. The summed E-state index contributed by atoms with van der Waals surface area (Å²) >= 11 is 0. The van der Waals surface area contributed by atoms with Gasteiger partial charge in [0.1, 0.15) is 5.75 Å². The second-order valence-corrected chi connectivity index (χ2v) is 4.92. The molecule has 0 spiro atoms. The largest absolute Gasteiger partial charge is 0.506 e. The molecule has 3 nitrogen and oxygen atoms in total. The molecular weight excluding hydrogens is 281 g/mol. The van der Waals surface area contributed by atoms with Gasteiger partial charge in [-0.2, -0.15) is 0 Å². The Morgan fingerprint density at radius 1 is 1.19 bits per heavy atom. The Balaban J connectivity index is 2.12. The summed E-state index contributed by atoms with van der Waals surface area (Å²) in [6.45, 7) is 0.115. The van der Waals surface area contributed by atoms with Crippen LogP contribution < -0.4 is 10.6 Å². The van der Waals surface area contributed by atoms with Crippen LogP contribution in [0.5, 0.6) is 5.75 Å². The van der Waals surface area contributed by atoms with E-state index in [0.29, 0.717) is 11.3 Å². The molecule has 0 radical (unpaired) electrons. The fourth-order valence-corrected chi connectivity index (χ4v) is 2.77. The average molecular weight is 294 g/mol. The van der Waals surface area contributed by atoms with Crippen LogP contribution in [0.2, 0.25) is 0 Å². The molecule has 110 valence electrons. The zero-order chi connectivity index (χ0) is 15.1. The van der Waals surface area contributed by atoms with Gasteiger partial charge in [-0.15, -0.1) is 0 Å². The van der Waals surface area contributed by atoms with Gasteiger partial charge in [0, 0.05) is 18.7 Å². The van der Waals surface area contributed by atoms with E-state index in [4.69, 9.17) is 5.73 Å². The highest BCUT2D eigenvalue weighted by Crippen LogP contribution is 2.42. The van der Waals surface area contributed by atoms with Gasteiger partial charge in [-0.05, 0) is 23.8 Å². The van der Waals surface area contributed by atoms with Crippen LogP contribution in [0, 0.1) is 17.5 Å². The van der Waals surface area contributed by atoms with Crippen LogP contribution in [0.4, 0.5) is 18.9 Å². The fraction of sp³-hybridized carbons (Fsp3) is 0.200. The number of fused-ring (bicyclic) bond motifs is 1. The first-order valence-corrected chi connectivity index (χ1v) is 6.45. The van der Waals surface area contributed by atoms with Gasteiger partial charge in [0.2, 0.25) is 0 Å². The number of phenolic OH excluding ortho intramolecular Hbond substituents is 1. The monoisotopic (exact) mass is 294 g/mol. The van der Waals surface area contributed by atoms with Crippen LogP contribution in [0.3, 0.4) is 0 Å². The molecule has 1 heterocycles. The summed E-state index contributed by atoms with van der Waals surface area (Å²) in [5, 5.41) is 9.92. The third-order valence-corrected chi connectivity index (χ3v) is 3.78. The molecule has 2 aromatic carbocycles. The number of nitrogens with zero attached hydrogens (tertiary/aromatic N) is 1. The van der Waals surface area contributed by atoms with E-state index in [1.165, 1.54) is 6.07 Å². The predicted octanol–water partition coefficient (Wildman–Crippen LogP) is 2.83. The number of rotatable bonds is 2. The van der Waals surface area contributed by atoms with E-state index < -0.39 is 23.5 Å². The lowest BCUT2D eigenvalue weighted by Crippen LogP contribution is -2.27. The Hall–Kier alpha value is -2.21. The Morgan fingerprint density at radius 3 is 2.57 bits per heavy atom. The van der Waals surface area contributed by atoms with E-state index in [-0.39, 0.29) is 24.4 Å². The SMILES string of the molecule is NCC1c2cc(F)c(F)c(F)c2CN1c1ccccc1O. The van der Waals surface area contributed by atoms with Crippen molar-refractivity contribution in [3.8, 4) is 5.75 Å². The molecule has 1 aliphatic heterocycles. The highest BCUT2D eigenvalue weighted by molar-refractivity contribution is 5.62. The molecule has 1 aliphatic rings. The van der Waals surface area contributed by atoms with Crippen molar-refractivity contribution >= 4 is 5.69 Å². The van der Waals surface area contributed by atoms with Gasteiger partial charge in [0.15, 0.2) is 17.5 Å². The zero-order valence-corrected chi connectivity index (χ0v) is 11.0. The number of hydrogen-bond acceptors (Lipinski definition) is 3. The lowest BCUT2D eigenvalue weighted by Gasteiger charge is -2.26. The van der Waals surface area contributed by atoms with E-state index >= 15 is 0 Å². The van der Waals surface area contributed by atoms with Crippen molar-refractivity contribution in [1.29, 1.82) is 0 Å². The number of hydrogen-bond donors (Lipinski definition) is 2. The smallest absolute Gasteiger partial charge is 0.194 e. The summed E-state index contributed by atoms with van der Waals surface area (Å²) < 4.78 is 40.7. The maximum atomic E-state index is 13.9. The summed E-state index contributed by atoms with van der Waals surface area (Å²) in [6, 6.07) is 6.96. The number of anilines is 1. The molecule has 3 rings (SSSR count). The van der Waals surface area contributed by atoms with Crippen molar-refractivity contribution in [2.45, 2.75) is 12.6 Å². The molecule has 1 atom stereocenters. The van der Waals surface area contributed by atoms with Crippen molar-refractivity contribution in [2.24, 2.45) is 5.73 Å². The number of halogens is 3. The van der Waals surface area contributed by atoms with E-state index in [1.54, 1.807) is 23.1 Å². The lowest BCUT2D eigenvalue weighted by atomic mass is 10.0. The van der Waals surface area contributed by atoms with Crippen molar-refractivity contribution in [3.05, 3.63) is 58.9 Å². The molecule has 0 saturated carbocycles. The van der Waals surface area contributed by atoms with Crippen LogP contribution in [-0.4, -0.2) is 11.7 Å². The van der Waals surface area contributed by atoms with E-state index in [2.05, 4.69) is 0 Å². The number of phenols is 1. The van der Waals surface area contributed by atoms with Crippen LogP contribution in [0.15, 0.2) is 30.3 Å². The molecule has 6 heteroatoms. The van der Waals surface area contributed by atoms with E-state index in [9.17, 15) is 18.3 Å². The number of nitrogens with two attached hydrogens (primary N) is 1. The fourth-order valence-electron chi connectivity index (χ4n) is 2.77. The minimum atomic E-state index is -1.48. The molecule has 0 fully saturated rings. The Kier molecular flexibility index (Phi) is 3.25. The first-order chi connectivity index (χ1) is 10.0. The Bertz CT molecular complexity index is 706. The number of aromatic hydroxyl groups is 1. The minimum Gasteiger partial charge on any atom is -0.506 e.